The molecule has 0 heterocycles. The third-order valence-corrected chi connectivity index (χ3v) is 4.82. The molecule has 1 nitrogen and oxygen atoms in total. The van der Waals surface area contributed by atoms with Crippen molar-refractivity contribution in [2.45, 2.75) is 29.4 Å². The van der Waals surface area contributed by atoms with Crippen molar-refractivity contribution < 1.29 is 4.79 Å². The molecule has 1 rings (SSSR count). The van der Waals surface area contributed by atoms with Gasteiger partial charge in [-0.3, -0.25) is 4.79 Å². The number of Topliss-reactive ketones (excluding diaryl/α,β-unsaturated/α-hetero) is 1. The van der Waals surface area contributed by atoms with E-state index in [9.17, 15) is 4.79 Å². The van der Waals surface area contributed by atoms with Crippen molar-refractivity contribution in [1.82, 2.24) is 0 Å². The summed E-state index contributed by atoms with van der Waals surface area (Å²) in [6, 6.07) is 0. The van der Waals surface area contributed by atoms with Crippen molar-refractivity contribution in [2.75, 3.05) is 0 Å². The predicted octanol–water partition coefficient (Wildman–Crippen LogP) is 4.46. The first-order chi connectivity index (χ1) is 6.61. The first-order valence-electron chi connectivity index (χ1n) is 4.20. The van der Waals surface area contributed by atoms with E-state index in [0.717, 1.165) is 0 Å². The third-order valence-electron chi connectivity index (χ3n) is 2.51. The van der Waals surface area contributed by atoms with Crippen molar-refractivity contribution in [3.05, 3.63) is 10.6 Å². The molecule has 0 aliphatic heterocycles. The molecule has 86 valence electrons. The van der Waals surface area contributed by atoms with Gasteiger partial charge in [0.15, 0.2) is 4.33 Å². The fourth-order valence-corrected chi connectivity index (χ4v) is 2.65. The largest absolute Gasteiger partial charge is 0.290 e. The average molecular weight is 310 g/mol. The summed E-state index contributed by atoms with van der Waals surface area (Å²) in [5.41, 5.74) is -0.171. The SMILES string of the molecule is CC1(C)CC(C(Cl)Cl)=C(Cl)C(=O)C1(Cl)Cl. The van der Waals surface area contributed by atoms with E-state index >= 15 is 0 Å². The first-order valence-corrected chi connectivity index (χ1v) is 6.21. The summed E-state index contributed by atoms with van der Waals surface area (Å²) in [4.78, 5) is 11.0. The van der Waals surface area contributed by atoms with E-state index in [1.54, 1.807) is 13.8 Å². The van der Waals surface area contributed by atoms with Crippen molar-refractivity contribution >= 4 is 63.8 Å². The lowest BCUT2D eigenvalue weighted by atomic mass is 9.76. The van der Waals surface area contributed by atoms with Crippen molar-refractivity contribution in [1.29, 1.82) is 0 Å². The summed E-state index contributed by atoms with van der Waals surface area (Å²) >= 11 is 29.3. The van der Waals surface area contributed by atoms with Gasteiger partial charge in [0, 0.05) is 5.41 Å². The second-order valence-electron chi connectivity index (χ2n) is 4.10. The van der Waals surface area contributed by atoms with E-state index in [-0.39, 0.29) is 5.03 Å². The summed E-state index contributed by atoms with van der Waals surface area (Å²) in [5.74, 6) is -0.537. The van der Waals surface area contributed by atoms with E-state index in [1.807, 2.05) is 0 Å². The zero-order chi connectivity index (χ0) is 12.0. The van der Waals surface area contributed by atoms with Gasteiger partial charge in [0.2, 0.25) is 5.78 Å². The quantitative estimate of drug-likeness (QED) is 0.654. The highest BCUT2D eigenvalue weighted by Crippen LogP contribution is 2.52. The Morgan fingerprint density at radius 3 is 2.13 bits per heavy atom. The highest BCUT2D eigenvalue weighted by Gasteiger charge is 2.53. The lowest BCUT2D eigenvalue weighted by Crippen LogP contribution is -2.46. The van der Waals surface area contributed by atoms with Gasteiger partial charge in [-0.15, -0.1) is 23.2 Å². The van der Waals surface area contributed by atoms with Crippen molar-refractivity contribution in [2.24, 2.45) is 5.41 Å². The Balaban J connectivity index is 3.28. The van der Waals surface area contributed by atoms with Gasteiger partial charge < -0.3 is 0 Å². The van der Waals surface area contributed by atoms with Crippen LogP contribution in [0.25, 0.3) is 0 Å². The second kappa shape index (κ2) is 4.27. The van der Waals surface area contributed by atoms with Crippen LogP contribution in [0.3, 0.4) is 0 Å². The van der Waals surface area contributed by atoms with Gasteiger partial charge in [-0.2, -0.15) is 0 Å². The number of rotatable bonds is 1. The van der Waals surface area contributed by atoms with Gasteiger partial charge in [-0.1, -0.05) is 48.7 Å². The van der Waals surface area contributed by atoms with Gasteiger partial charge in [0.25, 0.3) is 0 Å². The molecule has 0 aromatic rings. The molecule has 0 fully saturated rings. The number of alkyl halides is 4. The predicted molar refractivity (Wildman–Crippen MR) is 66.2 cm³/mol. The third kappa shape index (κ3) is 2.28. The van der Waals surface area contributed by atoms with Gasteiger partial charge in [0.1, 0.15) is 4.84 Å². The van der Waals surface area contributed by atoms with Crippen LogP contribution in [-0.4, -0.2) is 15.0 Å². The summed E-state index contributed by atoms with van der Waals surface area (Å²) in [5, 5.41) is -0.0469. The number of hydrogen-bond donors (Lipinski definition) is 0. The maximum absolute atomic E-state index is 11.8. The van der Waals surface area contributed by atoms with E-state index in [1.165, 1.54) is 0 Å². The molecule has 6 heteroatoms. The highest BCUT2D eigenvalue weighted by molar-refractivity contribution is 6.65. The normalized spacial score (nSPS) is 24.9. The van der Waals surface area contributed by atoms with E-state index in [2.05, 4.69) is 0 Å². The Kier molecular flexibility index (Phi) is 3.96. The number of ketones is 1. The molecular formula is C9H9Cl5O. The van der Waals surface area contributed by atoms with Crippen LogP contribution in [0.2, 0.25) is 0 Å². The van der Waals surface area contributed by atoms with Crippen molar-refractivity contribution in [3.63, 3.8) is 0 Å². The molecule has 0 radical (unpaired) electrons. The van der Waals surface area contributed by atoms with Crippen LogP contribution in [0.1, 0.15) is 20.3 Å². The van der Waals surface area contributed by atoms with Crippen LogP contribution in [-0.2, 0) is 4.79 Å². The molecule has 0 aromatic heterocycles. The zero-order valence-electron chi connectivity index (χ0n) is 8.08. The topological polar surface area (TPSA) is 17.1 Å². The van der Waals surface area contributed by atoms with Crippen LogP contribution in [0.15, 0.2) is 10.6 Å². The minimum atomic E-state index is -1.53. The Morgan fingerprint density at radius 2 is 1.73 bits per heavy atom. The molecule has 0 bridgehead atoms. The Morgan fingerprint density at radius 1 is 1.27 bits per heavy atom. The maximum Gasteiger partial charge on any atom is 0.210 e. The Bertz CT molecular complexity index is 329. The van der Waals surface area contributed by atoms with Gasteiger partial charge in [-0.05, 0) is 12.0 Å². The summed E-state index contributed by atoms with van der Waals surface area (Å²) in [6.07, 6.45) is 0.391. The van der Waals surface area contributed by atoms with Crippen LogP contribution < -0.4 is 0 Å². The monoisotopic (exact) mass is 308 g/mol. The van der Waals surface area contributed by atoms with E-state index < -0.39 is 20.4 Å². The number of allylic oxidation sites excluding steroid dienone is 2. The molecule has 0 saturated carbocycles. The minimum absolute atomic E-state index is 0.0469. The average Bonchev–Trinajstić information content (AvgIpc) is 2.09. The molecule has 15 heavy (non-hydrogen) atoms. The molecular weight excluding hydrogens is 301 g/mol. The second-order valence-corrected chi connectivity index (χ2v) is 6.91. The van der Waals surface area contributed by atoms with E-state index in [0.29, 0.717) is 12.0 Å². The van der Waals surface area contributed by atoms with Gasteiger partial charge in [0.05, 0.1) is 5.03 Å². The van der Waals surface area contributed by atoms with Crippen LogP contribution in [0.4, 0.5) is 0 Å². The summed E-state index contributed by atoms with van der Waals surface area (Å²) < 4.78 is -1.53. The molecule has 1 aliphatic rings. The van der Waals surface area contributed by atoms with E-state index in [4.69, 9.17) is 58.0 Å². The zero-order valence-corrected chi connectivity index (χ0v) is 11.9. The lowest BCUT2D eigenvalue weighted by molar-refractivity contribution is -0.118. The van der Waals surface area contributed by atoms with Crippen LogP contribution in [0.5, 0.6) is 0 Å². The first kappa shape index (κ1) is 13.9. The Labute approximate surface area is 114 Å². The summed E-state index contributed by atoms with van der Waals surface area (Å²) in [6.45, 7) is 3.54. The molecule has 0 atom stereocenters. The molecule has 0 N–H and O–H groups in total. The van der Waals surface area contributed by atoms with Crippen molar-refractivity contribution in [3.8, 4) is 0 Å². The number of halogens is 5. The maximum atomic E-state index is 11.8. The standard InChI is InChI=1S/C9H9Cl5O/c1-8(2)3-4(7(11)12)5(10)6(15)9(8,13)14/h7H,3H2,1-2H3. The highest BCUT2D eigenvalue weighted by atomic mass is 35.5. The van der Waals surface area contributed by atoms with Crippen LogP contribution >= 0.6 is 58.0 Å². The molecule has 0 spiro atoms. The van der Waals surface area contributed by atoms with Gasteiger partial charge in [-0.25, -0.2) is 0 Å². The number of carbonyl (C=O) groups is 1. The lowest BCUT2D eigenvalue weighted by Gasteiger charge is -2.40. The fraction of sp³-hybridized carbons (Fsp3) is 0.667. The Hall–Kier alpha value is 0.860. The number of hydrogen-bond acceptors (Lipinski definition) is 1. The number of carbonyl (C=O) groups excluding carboxylic acids is 1. The molecule has 0 saturated heterocycles. The van der Waals surface area contributed by atoms with Crippen LogP contribution in [0, 0.1) is 5.41 Å². The molecule has 0 amide bonds. The minimum Gasteiger partial charge on any atom is -0.290 e. The smallest absolute Gasteiger partial charge is 0.210 e. The molecule has 0 unspecified atom stereocenters. The molecule has 1 aliphatic carbocycles. The molecule has 0 aromatic carbocycles. The summed E-state index contributed by atoms with van der Waals surface area (Å²) in [7, 11) is 0. The fourth-order valence-electron chi connectivity index (χ4n) is 1.43. The van der Waals surface area contributed by atoms with Gasteiger partial charge >= 0.3 is 0 Å².